The summed E-state index contributed by atoms with van der Waals surface area (Å²) in [5, 5.41) is 3.22. The molecule has 0 aliphatic heterocycles. The highest BCUT2D eigenvalue weighted by Crippen LogP contribution is 2.21. The summed E-state index contributed by atoms with van der Waals surface area (Å²) in [6.45, 7) is 2.43. The van der Waals surface area contributed by atoms with Crippen molar-refractivity contribution in [2.75, 3.05) is 5.32 Å². The molecular formula is C19H17BrFN3O. The van der Waals surface area contributed by atoms with Gasteiger partial charge in [0.1, 0.15) is 10.3 Å². The summed E-state index contributed by atoms with van der Waals surface area (Å²) in [6.07, 6.45) is 1.49. The van der Waals surface area contributed by atoms with Crippen molar-refractivity contribution in [3.05, 3.63) is 92.6 Å². The van der Waals surface area contributed by atoms with Crippen molar-refractivity contribution in [2.45, 2.75) is 19.5 Å². The topological polar surface area (TPSA) is 46.9 Å². The molecule has 3 rings (SSSR count). The van der Waals surface area contributed by atoms with Crippen molar-refractivity contribution in [1.82, 2.24) is 9.55 Å². The number of nitrogens with one attached hydrogen (secondary N) is 1. The average Bonchev–Trinajstić information content (AvgIpc) is 2.63. The highest BCUT2D eigenvalue weighted by Gasteiger charge is 2.16. The van der Waals surface area contributed by atoms with Gasteiger partial charge in [-0.1, -0.05) is 42.5 Å². The normalized spacial score (nSPS) is 12.0. The molecular weight excluding hydrogens is 385 g/mol. The second-order valence-electron chi connectivity index (χ2n) is 5.67. The average molecular weight is 402 g/mol. The van der Waals surface area contributed by atoms with E-state index in [-0.39, 0.29) is 17.4 Å². The van der Waals surface area contributed by atoms with Gasteiger partial charge in [-0.3, -0.25) is 9.36 Å². The van der Waals surface area contributed by atoms with E-state index in [2.05, 4.69) is 26.2 Å². The number of halogens is 2. The number of rotatable bonds is 5. The van der Waals surface area contributed by atoms with Crippen LogP contribution in [0, 0.1) is 5.82 Å². The number of anilines is 1. The quantitative estimate of drug-likeness (QED) is 0.690. The van der Waals surface area contributed by atoms with E-state index in [1.165, 1.54) is 18.3 Å². The lowest BCUT2D eigenvalue weighted by Gasteiger charge is -2.20. The molecule has 25 heavy (non-hydrogen) atoms. The van der Waals surface area contributed by atoms with Crippen LogP contribution in [0.15, 0.2) is 70.1 Å². The lowest BCUT2D eigenvalue weighted by molar-refractivity contribution is 0.597. The molecule has 1 heterocycles. The Hall–Kier alpha value is -2.47. The number of hydrogen-bond donors (Lipinski definition) is 1. The molecule has 4 nitrogen and oxygen atoms in total. The largest absolute Gasteiger partial charge is 0.351 e. The minimum atomic E-state index is -0.307. The Morgan fingerprint density at radius 3 is 2.52 bits per heavy atom. The standard InChI is InChI=1S/C19H17BrFN3O/c1-13(15-7-9-16(21)10-8-15)24-18(25)17(20)12-23-19(24)22-11-14-5-3-2-4-6-14/h2-10,12-13H,11H2,1H3,(H,22,23). The first-order valence-corrected chi connectivity index (χ1v) is 8.66. The van der Waals surface area contributed by atoms with Crippen LogP contribution < -0.4 is 10.9 Å². The maximum atomic E-state index is 13.2. The van der Waals surface area contributed by atoms with Crippen molar-refractivity contribution < 1.29 is 4.39 Å². The van der Waals surface area contributed by atoms with Crippen LogP contribution in [0.3, 0.4) is 0 Å². The zero-order chi connectivity index (χ0) is 17.8. The molecule has 0 aliphatic rings. The first-order chi connectivity index (χ1) is 12.1. The molecule has 1 unspecified atom stereocenters. The van der Waals surface area contributed by atoms with Crippen LogP contribution >= 0.6 is 15.9 Å². The SMILES string of the molecule is CC(c1ccc(F)cc1)n1c(NCc2ccccc2)ncc(Br)c1=O. The van der Waals surface area contributed by atoms with Crippen LogP contribution in [0.1, 0.15) is 24.1 Å². The van der Waals surface area contributed by atoms with Gasteiger partial charge >= 0.3 is 0 Å². The minimum absolute atomic E-state index is 0.192. The van der Waals surface area contributed by atoms with E-state index in [1.54, 1.807) is 16.7 Å². The van der Waals surface area contributed by atoms with Crippen LogP contribution in [0.4, 0.5) is 10.3 Å². The molecule has 3 aromatic rings. The van der Waals surface area contributed by atoms with E-state index in [0.29, 0.717) is 17.0 Å². The Balaban J connectivity index is 1.95. The van der Waals surface area contributed by atoms with Crippen molar-refractivity contribution in [3.8, 4) is 0 Å². The molecule has 0 radical (unpaired) electrons. The molecule has 2 aromatic carbocycles. The minimum Gasteiger partial charge on any atom is -0.351 e. The van der Waals surface area contributed by atoms with Gasteiger partial charge in [-0.2, -0.15) is 0 Å². The highest BCUT2D eigenvalue weighted by molar-refractivity contribution is 9.10. The number of nitrogens with zero attached hydrogens (tertiary/aromatic N) is 2. The molecule has 0 fully saturated rings. The van der Waals surface area contributed by atoms with E-state index in [0.717, 1.165) is 11.1 Å². The Morgan fingerprint density at radius 1 is 1.16 bits per heavy atom. The second kappa shape index (κ2) is 7.61. The van der Waals surface area contributed by atoms with Crippen molar-refractivity contribution in [3.63, 3.8) is 0 Å². The van der Waals surface area contributed by atoms with Crippen LogP contribution in [0.5, 0.6) is 0 Å². The van der Waals surface area contributed by atoms with Gasteiger partial charge in [0.2, 0.25) is 5.95 Å². The second-order valence-corrected chi connectivity index (χ2v) is 6.53. The molecule has 0 saturated carbocycles. The van der Waals surface area contributed by atoms with E-state index in [1.807, 2.05) is 37.3 Å². The van der Waals surface area contributed by atoms with Crippen molar-refractivity contribution in [1.29, 1.82) is 0 Å². The third-order valence-electron chi connectivity index (χ3n) is 3.98. The molecule has 1 aromatic heterocycles. The summed E-state index contributed by atoms with van der Waals surface area (Å²) >= 11 is 3.25. The maximum Gasteiger partial charge on any atom is 0.269 e. The van der Waals surface area contributed by atoms with Gasteiger partial charge < -0.3 is 5.32 Å². The Bertz CT molecular complexity index is 910. The number of aromatic nitrogens is 2. The molecule has 6 heteroatoms. The predicted molar refractivity (Wildman–Crippen MR) is 100 cm³/mol. The summed E-state index contributed by atoms with van der Waals surface area (Å²) in [7, 11) is 0. The summed E-state index contributed by atoms with van der Waals surface area (Å²) in [5.74, 6) is 0.159. The van der Waals surface area contributed by atoms with Gasteiger partial charge in [0, 0.05) is 6.54 Å². The zero-order valence-corrected chi connectivity index (χ0v) is 15.2. The van der Waals surface area contributed by atoms with Crippen LogP contribution in [-0.2, 0) is 6.54 Å². The molecule has 1 N–H and O–H groups in total. The smallest absolute Gasteiger partial charge is 0.269 e. The van der Waals surface area contributed by atoms with E-state index in [4.69, 9.17) is 0 Å². The van der Waals surface area contributed by atoms with E-state index >= 15 is 0 Å². The molecule has 0 saturated heterocycles. The lowest BCUT2D eigenvalue weighted by Crippen LogP contribution is -2.28. The third-order valence-corrected chi connectivity index (χ3v) is 4.53. The van der Waals surface area contributed by atoms with Crippen LogP contribution in [0.2, 0.25) is 0 Å². The van der Waals surface area contributed by atoms with Crippen molar-refractivity contribution >= 4 is 21.9 Å². The summed E-state index contributed by atoms with van der Waals surface area (Å²) in [5.41, 5.74) is 1.72. The molecule has 0 spiro atoms. The first kappa shape index (κ1) is 17.4. The van der Waals surface area contributed by atoms with Crippen LogP contribution in [-0.4, -0.2) is 9.55 Å². The zero-order valence-electron chi connectivity index (χ0n) is 13.6. The van der Waals surface area contributed by atoms with Gasteiger partial charge in [-0.05, 0) is 46.1 Å². The fourth-order valence-electron chi connectivity index (χ4n) is 2.60. The summed E-state index contributed by atoms with van der Waals surface area (Å²) in [4.78, 5) is 17.0. The summed E-state index contributed by atoms with van der Waals surface area (Å²) in [6, 6.07) is 15.7. The first-order valence-electron chi connectivity index (χ1n) is 7.86. The fourth-order valence-corrected chi connectivity index (χ4v) is 2.90. The monoisotopic (exact) mass is 401 g/mol. The lowest BCUT2D eigenvalue weighted by atomic mass is 10.1. The van der Waals surface area contributed by atoms with Gasteiger partial charge in [0.15, 0.2) is 0 Å². The molecule has 0 amide bonds. The molecule has 128 valence electrons. The van der Waals surface area contributed by atoms with Crippen LogP contribution in [0.25, 0.3) is 0 Å². The third kappa shape index (κ3) is 3.96. The van der Waals surface area contributed by atoms with Gasteiger partial charge in [0.25, 0.3) is 5.56 Å². The Morgan fingerprint density at radius 2 is 1.84 bits per heavy atom. The fraction of sp³-hybridized carbons (Fsp3) is 0.158. The van der Waals surface area contributed by atoms with Crippen molar-refractivity contribution in [2.24, 2.45) is 0 Å². The highest BCUT2D eigenvalue weighted by atomic mass is 79.9. The number of benzene rings is 2. The Labute approximate surface area is 153 Å². The summed E-state index contributed by atoms with van der Waals surface area (Å²) < 4.78 is 15.1. The molecule has 0 bridgehead atoms. The predicted octanol–water partition coefficient (Wildman–Crippen LogP) is 4.37. The molecule has 1 atom stereocenters. The molecule has 0 aliphatic carbocycles. The van der Waals surface area contributed by atoms with E-state index < -0.39 is 0 Å². The Kier molecular flexibility index (Phi) is 5.28. The number of hydrogen-bond acceptors (Lipinski definition) is 3. The van der Waals surface area contributed by atoms with Gasteiger partial charge in [0.05, 0.1) is 12.2 Å². The maximum absolute atomic E-state index is 13.2. The van der Waals surface area contributed by atoms with E-state index in [9.17, 15) is 9.18 Å². The van der Waals surface area contributed by atoms with Gasteiger partial charge in [-0.15, -0.1) is 0 Å². The van der Waals surface area contributed by atoms with Gasteiger partial charge in [-0.25, -0.2) is 9.37 Å².